The van der Waals surface area contributed by atoms with Crippen molar-refractivity contribution in [1.82, 2.24) is 39.5 Å². The highest BCUT2D eigenvalue weighted by molar-refractivity contribution is 6.35. The van der Waals surface area contributed by atoms with E-state index in [0.29, 0.717) is 73.4 Å². The summed E-state index contributed by atoms with van der Waals surface area (Å²) < 4.78 is 55.1. The van der Waals surface area contributed by atoms with Crippen molar-refractivity contribution < 1.29 is 32.2 Å². The van der Waals surface area contributed by atoms with Crippen molar-refractivity contribution in [3.8, 4) is 34.3 Å². The zero-order valence-corrected chi connectivity index (χ0v) is 34.1. The molecule has 17 heteroatoms. The molecule has 2 amide bonds. The largest absolute Gasteiger partial charge is 0.481 e. The number of halogens is 4. The van der Waals surface area contributed by atoms with E-state index in [4.69, 9.17) is 26.1 Å². The van der Waals surface area contributed by atoms with Crippen LogP contribution in [0.25, 0.3) is 22.5 Å². The van der Waals surface area contributed by atoms with Crippen LogP contribution in [0.15, 0.2) is 42.6 Å². The third-order valence-corrected chi connectivity index (χ3v) is 12.9. The molecule has 1 atom stereocenters. The van der Waals surface area contributed by atoms with E-state index in [9.17, 15) is 22.8 Å². The molecule has 59 heavy (non-hydrogen) atoms. The number of alkyl halides is 3. The highest BCUT2D eigenvalue weighted by atomic mass is 35.5. The number of rotatable bonds is 10. The van der Waals surface area contributed by atoms with Crippen molar-refractivity contribution in [2.24, 2.45) is 10.8 Å². The summed E-state index contributed by atoms with van der Waals surface area (Å²) in [6.07, 6.45) is -2.02. The first kappa shape index (κ1) is 39.4. The summed E-state index contributed by atoms with van der Waals surface area (Å²) in [7, 11) is 2.97. The van der Waals surface area contributed by atoms with Crippen molar-refractivity contribution in [2.45, 2.75) is 52.0 Å². The molecule has 4 saturated heterocycles. The molecule has 5 aliphatic rings. The summed E-state index contributed by atoms with van der Waals surface area (Å²) in [6.45, 7) is 10.0. The maximum absolute atomic E-state index is 14.6. The van der Waals surface area contributed by atoms with E-state index in [1.165, 1.54) is 14.0 Å². The molecule has 1 aromatic carbocycles. The number of nitrogens with one attached hydrogen (secondary N) is 1. The van der Waals surface area contributed by atoms with E-state index < -0.39 is 23.7 Å². The standard InChI is InChI=1S/C42H45ClF3N9O4/c1-24(56)54-20-40(21-54)16-52(17-40)14-26-8-10-32(50-38(26)58-3)30-12-13-47-35(34(30)43)29-7-5-6-28-27(29)9-11-31(28)49-37-36(42(44,45)46)48-33(39(51-37)59-4)15-53-18-41(19-53)22-55(23-41)25(2)57/h5-8,10,12-13,31H,9,11,14-23H2,1-4H3,(H,49,51)/t31-/m1/s1. The molecule has 0 saturated carbocycles. The van der Waals surface area contributed by atoms with Crippen LogP contribution in [0.4, 0.5) is 19.0 Å². The number of hydrogen-bond donors (Lipinski definition) is 1. The van der Waals surface area contributed by atoms with Crippen molar-refractivity contribution in [1.29, 1.82) is 0 Å². The van der Waals surface area contributed by atoms with Gasteiger partial charge in [-0.1, -0.05) is 35.9 Å². The van der Waals surface area contributed by atoms with Gasteiger partial charge in [-0.25, -0.2) is 9.97 Å². The normalized spacial score (nSPS) is 20.4. The van der Waals surface area contributed by atoms with Crippen molar-refractivity contribution in [3.05, 3.63) is 75.7 Å². The molecule has 1 N–H and O–H groups in total. The minimum absolute atomic E-state index is 0.0106. The second-order valence-corrected chi connectivity index (χ2v) is 17.3. The van der Waals surface area contributed by atoms with E-state index in [1.807, 2.05) is 40.1 Å². The van der Waals surface area contributed by atoms with E-state index in [2.05, 4.69) is 25.2 Å². The van der Waals surface area contributed by atoms with Gasteiger partial charge in [0.05, 0.1) is 36.7 Å². The van der Waals surface area contributed by atoms with Crippen LogP contribution in [0.1, 0.15) is 54.4 Å². The van der Waals surface area contributed by atoms with Crippen LogP contribution in [0.5, 0.6) is 11.8 Å². The molecule has 7 heterocycles. The number of fused-ring (bicyclic) bond motifs is 1. The average Bonchev–Trinajstić information content (AvgIpc) is 3.54. The number of ether oxygens (including phenoxy) is 2. The van der Waals surface area contributed by atoms with Gasteiger partial charge in [0.2, 0.25) is 23.6 Å². The Hall–Kier alpha value is -5.06. The van der Waals surface area contributed by atoms with Gasteiger partial charge in [-0.3, -0.25) is 24.4 Å². The zero-order chi connectivity index (χ0) is 41.4. The molecule has 0 bridgehead atoms. The number of nitrogens with zero attached hydrogens (tertiary/aromatic N) is 8. The molecule has 9 rings (SSSR count). The number of carbonyl (C=O) groups excluding carboxylic acids is 2. The van der Waals surface area contributed by atoms with Gasteiger partial charge >= 0.3 is 6.18 Å². The molecule has 2 spiro atoms. The number of anilines is 1. The first-order valence-electron chi connectivity index (χ1n) is 19.7. The van der Waals surface area contributed by atoms with Gasteiger partial charge in [-0.05, 0) is 36.1 Å². The lowest BCUT2D eigenvalue weighted by Crippen LogP contribution is -2.72. The molecule has 3 aromatic heterocycles. The number of hydrogen-bond acceptors (Lipinski definition) is 11. The second kappa shape index (κ2) is 14.6. The number of likely N-dealkylation sites (tertiary alicyclic amines) is 4. The Kier molecular flexibility index (Phi) is 9.74. The number of carbonyl (C=O) groups is 2. The monoisotopic (exact) mass is 831 g/mol. The highest BCUT2D eigenvalue weighted by Crippen LogP contribution is 2.46. The highest BCUT2D eigenvalue weighted by Gasteiger charge is 2.53. The van der Waals surface area contributed by atoms with Crippen LogP contribution in [-0.4, -0.2) is 118 Å². The maximum atomic E-state index is 14.6. The molecule has 310 valence electrons. The Morgan fingerprint density at radius 3 is 2.08 bits per heavy atom. The van der Waals surface area contributed by atoms with E-state index in [1.54, 1.807) is 31.2 Å². The number of amides is 2. The van der Waals surface area contributed by atoms with Gasteiger partial charge in [0.25, 0.3) is 0 Å². The van der Waals surface area contributed by atoms with Crippen molar-refractivity contribution >= 4 is 29.2 Å². The lowest BCUT2D eigenvalue weighted by molar-refractivity contribution is -0.158. The number of methoxy groups -OCH3 is 2. The van der Waals surface area contributed by atoms with Gasteiger partial charge < -0.3 is 24.6 Å². The minimum Gasteiger partial charge on any atom is -0.481 e. The summed E-state index contributed by atoms with van der Waals surface area (Å²) >= 11 is 7.13. The summed E-state index contributed by atoms with van der Waals surface area (Å²) in [4.78, 5) is 49.3. The summed E-state index contributed by atoms with van der Waals surface area (Å²) in [5, 5.41) is 3.47. The maximum Gasteiger partial charge on any atom is 0.437 e. The Bertz CT molecular complexity index is 2330. The Balaban J connectivity index is 0.922. The SMILES string of the molecule is COc1nc(-c2ccnc(-c3cccc4c3CC[C@H]4Nc3nc(OC)c(CN4CC5(C4)CN(C(C)=O)C5)nc3C(F)(F)F)c2Cl)ccc1CN1CC2(C1)CN(C(C)=O)C2. The van der Waals surface area contributed by atoms with Crippen molar-refractivity contribution in [3.63, 3.8) is 0 Å². The van der Waals surface area contributed by atoms with Crippen LogP contribution in [0, 0.1) is 10.8 Å². The average molecular weight is 832 g/mol. The zero-order valence-electron chi connectivity index (χ0n) is 33.3. The fourth-order valence-electron chi connectivity index (χ4n) is 9.81. The Labute approximate surface area is 344 Å². The lowest BCUT2D eigenvalue weighted by Gasteiger charge is -2.60. The molecule has 13 nitrogen and oxygen atoms in total. The molecule has 4 aliphatic heterocycles. The van der Waals surface area contributed by atoms with Crippen LogP contribution in [0.2, 0.25) is 5.02 Å². The summed E-state index contributed by atoms with van der Waals surface area (Å²) in [6, 6.07) is 10.9. The molecule has 0 radical (unpaired) electrons. The lowest BCUT2D eigenvalue weighted by atomic mass is 9.72. The molecule has 4 fully saturated rings. The van der Waals surface area contributed by atoms with Crippen molar-refractivity contribution in [2.75, 3.05) is 71.9 Å². The summed E-state index contributed by atoms with van der Waals surface area (Å²) in [5.41, 5.74) is 4.52. The second-order valence-electron chi connectivity index (χ2n) is 16.9. The first-order valence-corrected chi connectivity index (χ1v) is 20.1. The Morgan fingerprint density at radius 2 is 1.47 bits per heavy atom. The van der Waals surface area contributed by atoms with E-state index in [0.717, 1.165) is 48.4 Å². The topological polar surface area (TPSA) is 129 Å². The van der Waals surface area contributed by atoms with Gasteiger partial charge in [0.1, 0.15) is 5.69 Å². The first-order chi connectivity index (χ1) is 28.2. The fraction of sp³-hybridized carbons (Fsp3) is 0.476. The van der Waals surface area contributed by atoms with Gasteiger partial charge in [-0.2, -0.15) is 18.2 Å². The fourth-order valence-corrected chi connectivity index (χ4v) is 10.1. The minimum atomic E-state index is -4.77. The predicted octanol–water partition coefficient (Wildman–Crippen LogP) is 5.72. The molecule has 0 unspecified atom stereocenters. The van der Waals surface area contributed by atoms with Crippen LogP contribution >= 0.6 is 11.6 Å². The predicted molar refractivity (Wildman–Crippen MR) is 213 cm³/mol. The van der Waals surface area contributed by atoms with Crippen LogP contribution in [-0.2, 0) is 35.3 Å². The van der Waals surface area contributed by atoms with Gasteiger partial charge in [-0.15, -0.1) is 0 Å². The van der Waals surface area contributed by atoms with Crippen LogP contribution < -0.4 is 14.8 Å². The Morgan fingerprint density at radius 1 is 0.831 bits per heavy atom. The quantitative estimate of drug-likeness (QED) is 0.211. The van der Waals surface area contributed by atoms with Crippen LogP contribution in [0.3, 0.4) is 0 Å². The van der Waals surface area contributed by atoms with Gasteiger partial charge in [0.15, 0.2) is 11.5 Å². The van der Waals surface area contributed by atoms with E-state index >= 15 is 0 Å². The smallest absolute Gasteiger partial charge is 0.437 e. The molecule has 1 aliphatic carbocycles. The molecular formula is C42H45ClF3N9O4. The number of pyridine rings is 2. The molecule has 4 aromatic rings. The summed E-state index contributed by atoms with van der Waals surface area (Å²) in [5.74, 6) is 0.285. The van der Waals surface area contributed by atoms with Gasteiger partial charge in [0, 0.05) is 113 Å². The molecular weight excluding hydrogens is 787 g/mol. The van der Waals surface area contributed by atoms with E-state index in [-0.39, 0.29) is 40.8 Å². The third kappa shape index (κ3) is 7.12. The third-order valence-electron chi connectivity index (χ3n) is 12.5. The number of aromatic nitrogens is 4. The number of benzene rings is 1.